The summed E-state index contributed by atoms with van der Waals surface area (Å²) in [6.07, 6.45) is 5.43. The number of anilines is 3. The lowest BCUT2D eigenvalue weighted by Gasteiger charge is -2.30. The normalized spacial score (nSPS) is 13.8. The third-order valence-electron chi connectivity index (χ3n) is 11.6. The van der Waals surface area contributed by atoms with Crippen LogP contribution in [0.1, 0.15) is 29.2 Å². The van der Waals surface area contributed by atoms with Crippen LogP contribution in [-0.2, 0) is 0 Å². The molecule has 0 spiro atoms. The predicted octanol–water partition coefficient (Wildman–Crippen LogP) is 15.2. The summed E-state index contributed by atoms with van der Waals surface area (Å²) < 4.78 is 6.93. The number of nitrogens with zero attached hydrogens (tertiary/aromatic N) is 1. The van der Waals surface area contributed by atoms with E-state index in [4.69, 9.17) is 4.42 Å². The first-order valence-electron chi connectivity index (χ1n) is 19.4. The van der Waals surface area contributed by atoms with E-state index >= 15 is 0 Å². The van der Waals surface area contributed by atoms with Crippen molar-refractivity contribution in [2.24, 2.45) is 0 Å². The number of rotatable bonds is 6. The summed E-state index contributed by atoms with van der Waals surface area (Å²) >= 11 is 0. The molecule has 11 rings (SSSR count). The molecular weight excluding hydrogens is 679 g/mol. The molecule has 0 saturated carbocycles. The minimum Gasteiger partial charge on any atom is -0.459 e. The zero-order chi connectivity index (χ0) is 37.0. The first kappa shape index (κ1) is 32.3. The van der Waals surface area contributed by atoms with E-state index in [-0.39, 0.29) is 5.92 Å². The van der Waals surface area contributed by atoms with Crippen LogP contribution in [0, 0.1) is 0 Å². The van der Waals surface area contributed by atoms with Gasteiger partial charge < -0.3 is 9.32 Å². The molecule has 2 nitrogen and oxygen atoms in total. The molecule has 0 amide bonds. The van der Waals surface area contributed by atoms with Gasteiger partial charge in [0.15, 0.2) is 0 Å². The number of fused-ring (bicyclic) bond motifs is 7. The molecule has 0 bridgehead atoms. The highest BCUT2D eigenvalue weighted by Crippen LogP contribution is 2.48. The van der Waals surface area contributed by atoms with E-state index in [0.717, 1.165) is 40.2 Å². The maximum Gasteiger partial charge on any atom is 0.142 e. The van der Waals surface area contributed by atoms with Crippen LogP contribution in [0.25, 0.3) is 71.6 Å². The standard InChI is InChI=1S/C54H37NO/c1-2-15-41-35-44(32-28-36(41)12-1)55(43-30-26-37(27-31-43)40-17-9-18-42(34-40)46-22-10-16-38-13-3-5-19-45(38)46)52-25-8-7-21-48(52)49-23-11-24-50-51-33-29-39-14-4-6-20-47(39)53(51)56-54(49)50/h1-22,24-35,49H,23H2. The van der Waals surface area contributed by atoms with E-state index in [1.165, 1.54) is 65.7 Å². The largest absolute Gasteiger partial charge is 0.459 e. The van der Waals surface area contributed by atoms with Crippen molar-refractivity contribution in [2.45, 2.75) is 12.3 Å². The fourth-order valence-corrected chi connectivity index (χ4v) is 8.87. The van der Waals surface area contributed by atoms with Gasteiger partial charge in [0.1, 0.15) is 11.3 Å². The Morgan fingerprint density at radius 3 is 1.98 bits per heavy atom. The molecule has 1 atom stereocenters. The van der Waals surface area contributed by atoms with E-state index in [1.807, 2.05) is 0 Å². The van der Waals surface area contributed by atoms with Crippen LogP contribution in [0.15, 0.2) is 205 Å². The van der Waals surface area contributed by atoms with Crippen LogP contribution < -0.4 is 4.90 Å². The molecular formula is C54H37NO. The summed E-state index contributed by atoms with van der Waals surface area (Å²) in [4.78, 5) is 2.42. The molecule has 2 heteroatoms. The number of hydrogen-bond donors (Lipinski definition) is 0. The molecule has 1 aliphatic rings. The Labute approximate surface area is 326 Å². The van der Waals surface area contributed by atoms with Crippen molar-refractivity contribution in [3.63, 3.8) is 0 Å². The number of benzene rings is 9. The number of para-hydroxylation sites is 1. The molecule has 1 aliphatic carbocycles. The van der Waals surface area contributed by atoms with Gasteiger partial charge in [-0.05, 0) is 104 Å². The number of hydrogen-bond acceptors (Lipinski definition) is 2. The number of furan rings is 1. The quantitative estimate of drug-likeness (QED) is 0.170. The molecule has 1 aromatic heterocycles. The molecule has 10 aromatic rings. The highest BCUT2D eigenvalue weighted by atomic mass is 16.3. The highest BCUT2D eigenvalue weighted by molar-refractivity contribution is 6.07. The van der Waals surface area contributed by atoms with Gasteiger partial charge in [-0.3, -0.25) is 0 Å². The van der Waals surface area contributed by atoms with Crippen molar-refractivity contribution >= 4 is 66.4 Å². The molecule has 264 valence electrons. The Bertz CT molecular complexity index is 3130. The lowest BCUT2D eigenvalue weighted by molar-refractivity contribution is 0.519. The summed E-state index contributed by atoms with van der Waals surface area (Å²) in [6.45, 7) is 0. The van der Waals surface area contributed by atoms with Gasteiger partial charge in [0.05, 0.1) is 5.69 Å². The third kappa shape index (κ3) is 5.41. The Hall–Kier alpha value is -7.16. The Balaban J connectivity index is 1.03. The molecule has 0 fully saturated rings. The molecule has 0 radical (unpaired) electrons. The minimum absolute atomic E-state index is 0.0522. The summed E-state index contributed by atoms with van der Waals surface area (Å²) in [6, 6.07) is 70.4. The fraction of sp³-hybridized carbons (Fsp3) is 0.0370. The van der Waals surface area contributed by atoms with Gasteiger partial charge >= 0.3 is 0 Å². The second-order valence-corrected chi connectivity index (χ2v) is 14.8. The predicted molar refractivity (Wildman–Crippen MR) is 236 cm³/mol. The first-order chi connectivity index (χ1) is 27.8. The van der Waals surface area contributed by atoms with Crippen LogP contribution in [0.2, 0.25) is 0 Å². The molecule has 0 saturated heterocycles. The van der Waals surface area contributed by atoms with Crippen molar-refractivity contribution < 1.29 is 4.42 Å². The SMILES string of the molecule is C1=Cc2c(oc3c2ccc2ccccc23)C(c2ccccc2N(c2ccc(-c3cccc(-c4cccc5ccccc45)c3)cc2)c2ccc3ccccc3c2)C1. The zero-order valence-corrected chi connectivity index (χ0v) is 30.8. The second-order valence-electron chi connectivity index (χ2n) is 14.8. The number of allylic oxidation sites excluding steroid dienone is 1. The van der Waals surface area contributed by atoms with Gasteiger partial charge in [-0.2, -0.15) is 0 Å². The Morgan fingerprint density at radius 2 is 1.11 bits per heavy atom. The van der Waals surface area contributed by atoms with Gasteiger partial charge in [0, 0.05) is 33.6 Å². The van der Waals surface area contributed by atoms with Crippen LogP contribution in [0.5, 0.6) is 0 Å². The fourth-order valence-electron chi connectivity index (χ4n) is 8.87. The van der Waals surface area contributed by atoms with Gasteiger partial charge in [-0.25, -0.2) is 0 Å². The summed E-state index contributed by atoms with van der Waals surface area (Å²) in [5, 5.41) is 8.47. The lowest BCUT2D eigenvalue weighted by Crippen LogP contribution is -2.15. The smallest absolute Gasteiger partial charge is 0.142 e. The van der Waals surface area contributed by atoms with Crippen molar-refractivity contribution in [3.05, 3.63) is 217 Å². The second kappa shape index (κ2) is 13.3. The van der Waals surface area contributed by atoms with E-state index < -0.39 is 0 Å². The van der Waals surface area contributed by atoms with E-state index in [9.17, 15) is 0 Å². The maximum absolute atomic E-state index is 6.93. The molecule has 1 unspecified atom stereocenters. The van der Waals surface area contributed by atoms with Gasteiger partial charge in [0.25, 0.3) is 0 Å². The summed E-state index contributed by atoms with van der Waals surface area (Å²) in [5.74, 6) is 1.09. The monoisotopic (exact) mass is 715 g/mol. The minimum atomic E-state index is 0.0522. The third-order valence-corrected chi connectivity index (χ3v) is 11.6. The van der Waals surface area contributed by atoms with E-state index in [1.54, 1.807) is 0 Å². The molecule has 0 N–H and O–H groups in total. The molecule has 56 heavy (non-hydrogen) atoms. The van der Waals surface area contributed by atoms with E-state index in [0.29, 0.717) is 0 Å². The van der Waals surface area contributed by atoms with Crippen LogP contribution in [-0.4, -0.2) is 0 Å². The van der Waals surface area contributed by atoms with Gasteiger partial charge in [-0.1, -0.05) is 164 Å². The van der Waals surface area contributed by atoms with Crippen molar-refractivity contribution in [2.75, 3.05) is 4.90 Å². The molecule has 9 aromatic carbocycles. The van der Waals surface area contributed by atoms with Crippen LogP contribution >= 0.6 is 0 Å². The Kier molecular flexibility index (Phi) is 7.67. The van der Waals surface area contributed by atoms with E-state index in [2.05, 4.69) is 211 Å². The first-order valence-corrected chi connectivity index (χ1v) is 19.4. The van der Waals surface area contributed by atoms with Gasteiger partial charge in [-0.15, -0.1) is 0 Å². The average Bonchev–Trinajstić information content (AvgIpc) is 3.66. The van der Waals surface area contributed by atoms with Crippen molar-refractivity contribution in [1.82, 2.24) is 0 Å². The van der Waals surface area contributed by atoms with Crippen LogP contribution in [0.3, 0.4) is 0 Å². The lowest BCUT2D eigenvalue weighted by atomic mass is 9.85. The molecule has 1 heterocycles. The van der Waals surface area contributed by atoms with Gasteiger partial charge in [0.2, 0.25) is 0 Å². The maximum atomic E-state index is 6.93. The zero-order valence-electron chi connectivity index (χ0n) is 30.8. The molecule has 0 aliphatic heterocycles. The van der Waals surface area contributed by atoms with Crippen molar-refractivity contribution in [3.8, 4) is 22.3 Å². The van der Waals surface area contributed by atoms with Crippen LogP contribution in [0.4, 0.5) is 17.1 Å². The topological polar surface area (TPSA) is 16.4 Å². The Morgan fingerprint density at radius 1 is 0.446 bits per heavy atom. The summed E-state index contributed by atoms with van der Waals surface area (Å²) in [5.41, 5.74) is 11.6. The summed E-state index contributed by atoms with van der Waals surface area (Å²) in [7, 11) is 0. The average molecular weight is 716 g/mol. The van der Waals surface area contributed by atoms with Crippen molar-refractivity contribution in [1.29, 1.82) is 0 Å². The highest BCUT2D eigenvalue weighted by Gasteiger charge is 2.29.